The first-order valence-electron chi connectivity index (χ1n) is 9.62. The largest absolute Gasteiger partial charge is 0.455 e. The monoisotopic (exact) mass is 440 g/mol. The topological polar surface area (TPSA) is 148 Å². The lowest BCUT2D eigenvalue weighted by molar-refractivity contribution is -0.385. The number of ether oxygens (including phenoxy) is 1. The number of nitro benzene ring substituents is 1. The first-order valence-corrected chi connectivity index (χ1v) is 9.62. The predicted octanol–water partition coefficient (Wildman–Crippen LogP) is 1.58. The van der Waals surface area contributed by atoms with Crippen LogP contribution in [0.1, 0.15) is 22.3 Å². The average Bonchev–Trinajstić information content (AvgIpc) is 3.12. The van der Waals surface area contributed by atoms with E-state index in [4.69, 9.17) is 4.74 Å². The third-order valence-electron chi connectivity index (χ3n) is 4.69. The Morgan fingerprint density at radius 1 is 1.19 bits per heavy atom. The molecular formula is C21H20N4O7. The molecule has 1 saturated heterocycles. The molecule has 0 aliphatic carbocycles. The van der Waals surface area contributed by atoms with Crippen LogP contribution in [-0.2, 0) is 19.1 Å². The van der Waals surface area contributed by atoms with Crippen molar-refractivity contribution in [1.82, 2.24) is 10.4 Å². The molecule has 1 fully saturated rings. The molecule has 2 aromatic rings. The lowest BCUT2D eigenvalue weighted by Crippen LogP contribution is -2.43. The Hall–Kier alpha value is -4.28. The van der Waals surface area contributed by atoms with Crippen molar-refractivity contribution >= 4 is 35.1 Å². The van der Waals surface area contributed by atoms with Gasteiger partial charge in [-0.05, 0) is 30.7 Å². The molecule has 166 valence electrons. The molecule has 0 unspecified atom stereocenters. The smallest absolute Gasteiger partial charge is 0.311 e. The van der Waals surface area contributed by atoms with Crippen LogP contribution in [0.4, 0.5) is 11.4 Å². The van der Waals surface area contributed by atoms with E-state index in [0.29, 0.717) is 5.69 Å². The van der Waals surface area contributed by atoms with Crippen LogP contribution >= 0.6 is 0 Å². The summed E-state index contributed by atoms with van der Waals surface area (Å²) < 4.78 is 5.00. The summed E-state index contributed by atoms with van der Waals surface area (Å²) in [6.45, 7) is 1.16. The molecule has 0 aromatic heterocycles. The van der Waals surface area contributed by atoms with E-state index in [-0.39, 0.29) is 18.5 Å². The van der Waals surface area contributed by atoms with Crippen molar-refractivity contribution < 1.29 is 28.8 Å². The minimum absolute atomic E-state index is 0.177. The van der Waals surface area contributed by atoms with E-state index < -0.39 is 46.8 Å². The number of nitrogens with zero attached hydrogens (tertiary/aromatic N) is 2. The van der Waals surface area contributed by atoms with Gasteiger partial charge in [-0.25, -0.2) is 0 Å². The SMILES string of the molecule is Cc1cccc(NC(=O)COC(=O)[C@@H]2CC(=O)N(NC(=O)c3ccccc3[N+](=O)[O-])C2)c1. The van der Waals surface area contributed by atoms with Crippen LogP contribution in [-0.4, -0.2) is 46.8 Å². The summed E-state index contributed by atoms with van der Waals surface area (Å²) in [7, 11) is 0. The number of hydrogen-bond donors (Lipinski definition) is 2. The molecule has 11 heteroatoms. The van der Waals surface area contributed by atoms with Crippen molar-refractivity contribution in [3.63, 3.8) is 0 Å². The number of benzene rings is 2. The van der Waals surface area contributed by atoms with Gasteiger partial charge in [0.05, 0.1) is 17.4 Å². The van der Waals surface area contributed by atoms with Gasteiger partial charge in [-0.15, -0.1) is 0 Å². The summed E-state index contributed by atoms with van der Waals surface area (Å²) >= 11 is 0. The first-order chi connectivity index (χ1) is 15.2. The summed E-state index contributed by atoms with van der Waals surface area (Å²) in [5, 5.41) is 14.6. The van der Waals surface area contributed by atoms with E-state index in [9.17, 15) is 29.3 Å². The zero-order valence-electron chi connectivity index (χ0n) is 17.1. The number of hydrazine groups is 1. The number of nitro groups is 1. The van der Waals surface area contributed by atoms with Gasteiger partial charge in [-0.2, -0.15) is 0 Å². The normalized spacial score (nSPS) is 15.2. The van der Waals surface area contributed by atoms with Crippen molar-refractivity contribution in [2.24, 2.45) is 5.92 Å². The molecule has 11 nitrogen and oxygen atoms in total. The molecule has 2 aromatic carbocycles. The van der Waals surface area contributed by atoms with E-state index in [2.05, 4.69) is 10.7 Å². The summed E-state index contributed by atoms with van der Waals surface area (Å²) in [5.41, 5.74) is 3.17. The zero-order valence-corrected chi connectivity index (χ0v) is 17.1. The number of rotatable bonds is 7. The fourth-order valence-electron chi connectivity index (χ4n) is 3.16. The van der Waals surface area contributed by atoms with Crippen LogP contribution < -0.4 is 10.7 Å². The number of carbonyl (C=O) groups is 4. The maximum atomic E-state index is 12.4. The minimum atomic E-state index is -0.889. The molecule has 2 N–H and O–H groups in total. The minimum Gasteiger partial charge on any atom is -0.455 e. The molecule has 3 amide bonds. The number of anilines is 1. The van der Waals surface area contributed by atoms with Crippen molar-refractivity contribution in [3.8, 4) is 0 Å². The molecule has 0 spiro atoms. The van der Waals surface area contributed by atoms with E-state index in [1.165, 1.54) is 24.3 Å². The Bertz CT molecular complexity index is 1090. The molecule has 3 rings (SSSR count). The lowest BCUT2D eigenvalue weighted by Gasteiger charge is -2.17. The van der Waals surface area contributed by atoms with Crippen molar-refractivity contribution in [2.45, 2.75) is 13.3 Å². The standard InChI is InChI=1S/C21H20N4O7/c1-13-5-4-6-15(9-13)22-18(26)12-32-21(29)14-10-19(27)24(11-14)23-20(28)16-7-2-3-8-17(16)25(30)31/h2-9,14H,10-12H2,1H3,(H,22,26)(H,23,28)/t14-/m1/s1. The van der Waals surface area contributed by atoms with E-state index in [1.807, 2.05) is 13.0 Å². The van der Waals surface area contributed by atoms with Gasteiger partial charge in [0, 0.05) is 18.2 Å². The molecule has 0 radical (unpaired) electrons. The maximum Gasteiger partial charge on any atom is 0.311 e. The van der Waals surface area contributed by atoms with Crippen LogP contribution in [0.5, 0.6) is 0 Å². The first kappa shape index (κ1) is 22.4. The van der Waals surface area contributed by atoms with E-state index in [1.54, 1.807) is 18.2 Å². The second kappa shape index (κ2) is 9.69. The number of amides is 3. The molecule has 0 bridgehead atoms. The quantitative estimate of drug-likeness (QED) is 0.377. The number of hydrogen-bond acceptors (Lipinski definition) is 7. The van der Waals surface area contributed by atoms with Crippen LogP contribution in [0.2, 0.25) is 0 Å². The van der Waals surface area contributed by atoms with Crippen LogP contribution in [0.15, 0.2) is 48.5 Å². The average molecular weight is 440 g/mol. The van der Waals surface area contributed by atoms with Gasteiger partial charge in [0.15, 0.2) is 6.61 Å². The van der Waals surface area contributed by atoms with Gasteiger partial charge in [0.25, 0.3) is 17.5 Å². The highest BCUT2D eigenvalue weighted by molar-refractivity contribution is 5.99. The second-order valence-electron chi connectivity index (χ2n) is 7.15. The van der Waals surface area contributed by atoms with Gasteiger partial charge in [-0.3, -0.25) is 39.7 Å². The molecular weight excluding hydrogens is 420 g/mol. The third-order valence-corrected chi connectivity index (χ3v) is 4.69. The van der Waals surface area contributed by atoms with Gasteiger partial charge in [0.1, 0.15) is 5.56 Å². The second-order valence-corrected chi connectivity index (χ2v) is 7.15. The van der Waals surface area contributed by atoms with Crippen molar-refractivity contribution in [3.05, 3.63) is 69.8 Å². The maximum absolute atomic E-state index is 12.4. The van der Waals surface area contributed by atoms with E-state index >= 15 is 0 Å². The fraction of sp³-hybridized carbons (Fsp3) is 0.238. The Balaban J connectivity index is 1.52. The highest BCUT2D eigenvalue weighted by atomic mass is 16.6. The van der Waals surface area contributed by atoms with Gasteiger partial charge >= 0.3 is 5.97 Å². The Morgan fingerprint density at radius 2 is 1.94 bits per heavy atom. The van der Waals surface area contributed by atoms with E-state index in [0.717, 1.165) is 10.6 Å². The summed E-state index contributed by atoms with van der Waals surface area (Å²) in [5.74, 6) is -3.59. The van der Waals surface area contributed by atoms with Crippen LogP contribution in [0.3, 0.4) is 0 Å². The lowest BCUT2D eigenvalue weighted by atomic mass is 10.1. The number of para-hydroxylation sites is 1. The predicted molar refractivity (Wildman–Crippen MR) is 111 cm³/mol. The molecule has 1 aliphatic heterocycles. The third kappa shape index (κ3) is 5.45. The van der Waals surface area contributed by atoms with Crippen molar-refractivity contribution in [1.29, 1.82) is 0 Å². The number of carbonyl (C=O) groups excluding carboxylic acids is 4. The Kier molecular flexibility index (Phi) is 6.78. The molecule has 1 atom stereocenters. The highest BCUT2D eigenvalue weighted by Gasteiger charge is 2.37. The molecule has 1 heterocycles. The van der Waals surface area contributed by atoms with Crippen molar-refractivity contribution in [2.75, 3.05) is 18.5 Å². The molecule has 0 saturated carbocycles. The number of aryl methyl sites for hydroxylation is 1. The fourth-order valence-corrected chi connectivity index (χ4v) is 3.16. The summed E-state index contributed by atoms with van der Waals surface area (Å²) in [6.07, 6.45) is -0.227. The van der Waals surface area contributed by atoms with Crippen LogP contribution in [0.25, 0.3) is 0 Å². The van der Waals surface area contributed by atoms with Gasteiger partial charge in [-0.1, -0.05) is 24.3 Å². The number of esters is 1. The highest BCUT2D eigenvalue weighted by Crippen LogP contribution is 2.20. The molecule has 1 aliphatic rings. The van der Waals surface area contributed by atoms with Gasteiger partial charge in [0.2, 0.25) is 5.91 Å². The Labute approximate surface area is 182 Å². The van der Waals surface area contributed by atoms with Gasteiger partial charge < -0.3 is 10.1 Å². The summed E-state index contributed by atoms with van der Waals surface area (Å²) in [4.78, 5) is 59.2. The molecule has 32 heavy (non-hydrogen) atoms. The Morgan fingerprint density at radius 3 is 2.66 bits per heavy atom. The number of nitrogens with one attached hydrogen (secondary N) is 2. The zero-order chi connectivity index (χ0) is 23.3. The van der Waals surface area contributed by atoms with Crippen LogP contribution in [0, 0.1) is 23.0 Å². The summed E-state index contributed by atoms with van der Waals surface area (Å²) in [6, 6.07) is 12.4.